The van der Waals surface area contributed by atoms with Crippen molar-refractivity contribution in [3.8, 4) is 5.69 Å². The monoisotopic (exact) mass is 380 g/mol. The van der Waals surface area contributed by atoms with E-state index in [1.807, 2.05) is 0 Å². The second-order valence-corrected chi connectivity index (χ2v) is 5.18. The fourth-order valence-corrected chi connectivity index (χ4v) is 1.92. The molecule has 0 unspecified atom stereocenters. The maximum Gasteiger partial charge on any atom is 0.286 e. The summed E-state index contributed by atoms with van der Waals surface area (Å²) < 4.78 is 15.0. The van der Waals surface area contributed by atoms with Crippen molar-refractivity contribution < 1.29 is 4.39 Å². The molecule has 0 radical (unpaired) electrons. The number of hydrogen-bond acceptors (Lipinski definition) is 2. The van der Waals surface area contributed by atoms with E-state index >= 15 is 0 Å². The number of benzene rings is 1. The smallest absolute Gasteiger partial charge is 0.266 e. The molecule has 2 aromatic rings. The Kier molecular flexibility index (Phi) is 3.65. The predicted octanol–water partition coefficient (Wildman–Crippen LogP) is 3.55. The summed E-state index contributed by atoms with van der Waals surface area (Å²) in [6.07, 6.45) is 1.46. The zero-order valence-corrected chi connectivity index (χ0v) is 12.1. The number of rotatable bonds is 1. The molecule has 88 valence electrons. The van der Waals surface area contributed by atoms with Crippen LogP contribution < -0.4 is 5.56 Å². The Morgan fingerprint density at radius 2 is 2.06 bits per heavy atom. The first-order valence-corrected chi connectivity index (χ1v) is 6.36. The summed E-state index contributed by atoms with van der Waals surface area (Å²) in [4.78, 5) is 11.9. The molecule has 0 N–H and O–H groups in total. The Morgan fingerprint density at radius 1 is 1.35 bits per heavy atom. The highest BCUT2D eigenvalue weighted by Crippen LogP contribution is 2.20. The standard InChI is InChI=1S/C10H4Br2ClFN2O/c11-6-4-15-16(10(17)9(6)12)5-1-2-8(14)7(13)3-5/h1-4H. The predicted molar refractivity (Wildman–Crippen MR) is 70.2 cm³/mol. The Bertz CT molecular complexity index is 645. The van der Waals surface area contributed by atoms with Crippen LogP contribution in [0.2, 0.25) is 5.02 Å². The minimum Gasteiger partial charge on any atom is -0.266 e. The first-order chi connectivity index (χ1) is 8.00. The second kappa shape index (κ2) is 4.88. The lowest BCUT2D eigenvalue weighted by molar-refractivity contribution is 0.627. The molecule has 1 heterocycles. The van der Waals surface area contributed by atoms with E-state index < -0.39 is 5.82 Å². The molecule has 1 aromatic carbocycles. The van der Waals surface area contributed by atoms with Gasteiger partial charge in [0.05, 0.1) is 21.4 Å². The maximum atomic E-state index is 13.0. The van der Waals surface area contributed by atoms with E-state index in [1.165, 1.54) is 24.4 Å². The lowest BCUT2D eigenvalue weighted by Gasteiger charge is -2.06. The summed E-state index contributed by atoms with van der Waals surface area (Å²) in [5, 5.41) is 3.87. The van der Waals surface area contributed by atoms with Gasteiger partial charge in [-0.1, -0.05) is 11.6 Å². The van der Waals surface area contributed by atoms with Crippen LogP contribution in [0.15, 0.2) is 38.1 Å². The Hall–Kier alpha value is -0.720. The second-order valence-electron chi connectivity index (χ2n) is 3.12. The number of nitrogens with zero attached hydrogens (tertiary/aromatic N) is 2. The highest BCUT2D eigenvalue weighted by molar-refractivity contribution is 9.13. The van der Waals surface area contributed by atoms with Crippen molar-refractivity contribution in [1.29, 1.82) is 0 Å². The molecule has 1 aromatic heterocycles. The van der Waals surface area contributed by atoms with Crippen molar-refractivity contribution in [2.24, 2.45) is 0 Å². The Labute approximate surface area is 117 Å². The van der Waals surface area contributed by atoms with Crippen molar-refractivity contribution in [3.63, 3.8) is 0 Å². The van der Waals surface area contributed by atoms with Crippen molar-refractivity contribution in [2.45, 2.75) is 0 Å². The molecule has 7 heteroatoms. The molecule has 0 saturated carbocycles. The zero-order valence-electron chi connectivity index (χ0n) is 8.12. The van der Waals surface area contributed by atoms with Gasteiger partial charge in [0.15, 0.2) is 0 Å². The van der Waals surface area contributed by atoms with Gasteiger partial charge in [-0.05, 0) is 50.1 Å². The van der Waals surface area contributed by atoms with Gasteiger partial charge < -0.3 is 0 Å². The average Bonchev–Trinajstić information content (AvgIpc) is 2.30. The summed E-state index contributed by atoms with van der Waals surface area (Å²) in [6, 6.07) is 3.95. The average molecular weight is 382 g/mol. The van der Waals surface area contributed by atoms with Crippen LogP contribution >= 0.6 is 43.5 Å². The minimum absolute atomic E-state index is 0.0600. The molecule has 0 bridgehead atoms. The lowest BCUT2D eigenvalue weighted by Crippen LogP contribution is -2.21. The molecule has 3 nitrogen and oxygen atoms in total. The minimum atomic E-state index is -0.542. The van der Waals surface area contributed by atoms with Crippen LogP contribution in [0.5, 0.6) is 0 Å². The number of aromatic nitrogens is 2. The molecule has 0 atom stereocenters. The lowest BCUT2D eigenvalue weighted by atomic mass is 10.3. The fourth-order valence-electron chi connectivity index (χ4n) is 1.21. The maximum absolute atomic E-state index is 13.0. The van der Waals surface area contributed by atoms with Crippen LogP contribution in [-0.4, -0.2) is 9.78 Å². The first-order valence-electron chi connectivity index (χ1n) is 4.39. The van der Waals surface area contributed by atoms with Gasteiger partial charge in [0, 0.05) is 0 Å². The van der Waals surface area contributed by atoms with Crippen molar-refractivity contribution in [2.75, 3.05) is 0 Å². The third-order valence-electron chi connectivity index (χ3n) is 2.02. The molecule has 0 amide bonds. The summed E-state index contributed by atoms with van der Waals surface area (Å²) in [7, 11) is 0. The number of halogens is 4. The molecule has 0 saturated heterocycles. The topological polar surface area (TPSA) is 34.9 Å². The molecular weight excluding hydrogens is 378 g/mol. The van der Waals surface area contributed by atoms with Gasteiger partial charge in [0.2, 0.25) is 0 Å². The summed E-state index contributed by atoms with van der Waals surface area (Å²) in [6.45, 7) is 0. The first kappa shape index (κ1) is 12.7. The van der Waals surface area contributed by atoms with E-state index in [2.05, 4.69) is 37.0 Å². The van der Waals surface area contributed by atoms with Crippen LogP contribution in [0.1, 0.15) is 0 Å². The molecule has 17 heavy (non-hydrogen) atoms. The third kappa shape index (κ3) is 2.43. The molecule has 0 fully saturated rings. The summed E-state index contributed by atoms with van der Waals surface area (Å²) in [5.74, 6) is -0.542. The molecule has 0 aliphatic carbocycles. The number of hydrogen-bond donors (Lipinski definition) is 0. The van der Waals surface area contributed by atoms with E-state index in [-0.39, 0.29) is 10.6 Å². The van der Waals surface area contributed by atoms with Gasteiger partial charge in [-0.2, -0.15) is 9.78 Å². The van der Waals surface area contributed by atoms with Gasteiger partial charge in [0.1, 0.15) is 10.3 Å². The van der Waals surface area contributed by atoms with Crippen LogP contribution in [0, 0.1) is 5.82 Å². The van der Waals surface area contributed by atoms with Crippen LogP contribution in [0.3, 0.4) is 0 Å². The highest BCUT2D eigenvalue weighted by Gasteiger charge is 2.09. The van der Waals surface area contributed by atoms with Crippen molar-refractivity contribution in [1.82, 2.24) is 9.78 Å². The van der Waals surface area contributed by atoms with Crippen molar-refractivity contribution >= 4 is 43.5 Å². The summed E-state index contributed by atoms with van der Waals surface area (Å²) in [5.41, 5.74) is 0.0386. The fraction of sp³-hybridized carbons (Fsp3) is 0. The Balaban J connectivity index is 2.65. The summed E-state index contributed by atoms with van der Waals surface area (Å²) >= 11 is 12.0. The largest absolute Gasteiger partial charge is 0.286 e. The Morgan fingerprint density at radius 3 is 2.71 bits per heavy atom. The van der Waals surface area contributed by atoms with Gasteiger partial charge >= 0.3 is 0 Å². The highest BCUT2D eigenvalue weighted by atomic mass is 79.9. The molecule has 2 rings (SSSR count). The van der Waals surface area contributed by atoms with E-state index in [1.54, 1.807) is 0 Å². The van der Waals surface area contributed by atoms with Gasteiger partial charge in [0.25, 0.3) is 5.56 Å². The van der Waals surface area contributed by atoms with E-state index in [0.29, 0.717) is 14.6 Å². The normalized spacial score (nSPS) is 10.6. The van der Waals surface area contributed by atoms with E-state index in [4.69, 9.17) is 11.6 Å². The van der Waals surface area contributed by atoms with Crippen LogP contribution in [-0.2, 0) is 0 Å². The van der Waals surface area contributed by atoms with Gasteiger partial charge in [-0.3, -0.25) is 4.79 Å². The van der Waals surface area contributed by atoms with E-state index in [0.717, 1.165) is 4.68 Å². The van der Waals surface area contributed by atoms with Crippen molar-refractivity contribution in [3.05, 3.63) is 54.5 Å². The third-order valence-corrected chi connectivity index (χ3v) is 4.21. The van der Waals surface area contributed by atoms with Crippen LogP contribution in [0.4, 0.5) is 4.39 Å². The van der Waals surface area contributed by atoms with Crippen LogP contribution in [0.25, 0.3) is 5.69 Å². The SMILES string of the molecule is O=c1c(Br)c(Br)cnn1-c1ccc(F)c(Cl)c1. The quantitative estimate of drug-likeness (QED) is 0.756. The molecule has 0 aliphatic heterocycles. The van der Waals surface area contributed by atoms with Gasteiger partial charge in [-0.15, -0.1) is 0 Å². The zero-order chi connectivity index (χ0) is 12.6. The molecule has 0 spiro atoms. The van der Waals surface area contributed by atoms with E-state index in [9.17, 15) is 9.18 Å². The van der Waals surface area contributed by atoms with Gasteiger partial charge in [-0.25, -0.2) is 4.39 Å². The molecule has 0 aliphatic rings. The molecular formula is C10H4Br2ClFN2O.